The standard InChI is InChI=1S/C17H29N5O/c1-4-14-8-5-6-11-22(14)16-13-19-15(12-20-16)17(23)18-9-7-10-21(2)3/h12-14H,4-11H2,1-3H3,(H,18,23). The summed E-state index contributed by atoms with van der Waals surface area (Å²) in [5.41, 5.74) is 0.392. The third-order valence-corrected chi connectivity index (χ3v) is 4.33. The Balaban J connectivity index is 1.89. The van der Waals surface area contributed by atoms with Gasteiger partial charge in [0.2, 0.25) is 0 Å². The number of amides is 1. The van der Waals surface area contributed by atoms with Crippen LogP contribution in [0.25, 0.3) is 0 Å². The molecule has 1 amide bonds. The number of nitrogens with zero attached hydrogens (tertiary/aromatic N) is 4. The molecule has 2 rings (SSSR count). The van der Waals surface area contributed by atoms with Gasteiger partial charge >= 0.3 is 0 Å². The minimum atomic E-state index is -0.145. The number of hydrogen-bond acceptors (Lipinski definition) is 5. The average Bonchev–Trinajstić information content (AvgIpc) is 2.58. The van der Waals surface area contributed by atoms with E-state index in [1.807, 2.05) is 14.1 Å². The van der Waals surface area contributed by atoms with Crippen LogP contribution in [0.4, 0.5) is 5.82 Å². The molecule has 0 saturated carbocycles. The maximum atomic E-state index is 12.1. The Labute approximate surface area is 139 Å². The Bertz CT molecular complexity index is 488. The fraction of sp³-hybridized carbons (Fsp3) is 0.706. The second-order valence-electron chi connectivity index (χ2n) is 6.42. The molecule has 1 aromatic heterocycles. The van der Waals surface area contributed by atoms with Gasteiger partial charge in [0.25, 0.3) is 5.91 Å². The fourth-order valence-corrected chi connectivity index (χ4v) is 3.00. The number of nitrogens with one attached hydrogen (secondary N) is 1. The van der Waals surface area contributed by atoms with Gasteiger partial charge in [0.1, 0.15) is 11.5 Å². The molecular weight excluding hydrogens is 290 g/mol. The first-order valence-corrected chi connectivity index (χ1v) is 8.63. The lowest BCUT2D eigenvalue weighted by atomic mass is 10.0. The van der Waals surface area contributed by atoms with Crippen molar-refractivity contribution >= 4 is 11.7 Å². The molecule has 1 saturated heterocycles. The van der Waals surface area contributed by atoms with Gasteiger partial charge in [-0.3, -0.25) is 4.79 Å². The first-order valence-electron chi connectivity index (χ1n) is 8.63. The van der Waals surface area contributed by atoms with Gasteiger partial charge in [-0.15, -0.1) is 0 Å². The second-order valence-corrected chi connectivity index (χ2v) is 6.42. The Hall–Kier alpha value is -1.69. The number of aromatic nitrogens is 2. The molecule has 1 atom stereocenters. The zero-order chi connectivity index (χ0) is 16.7. The first kappa shape index (κ1) is 17.7. The van der Waals surface area contributed by atoms with Crippen LogP contribution in [-0.4, -0.2) is 60.5 Å². The number of carbonyl (C=O) groups excluding carboxylic acids is 1. The molecule has 0 bridgehead atoms. The van der Waals surface area contributed by atoms with E-state index in [0.717, 1.165) is 31.7 Å². The molecule has 1 fully saturated rings. The molecular formula is C17H29N5O. The zero-order valence-corrected chi connectivity index (χ0v) is 14.6. The molecule has 128 valence electrons. The van der Waals surface area contributed by atoms with Crippen molar-refractivity contribution < 1.29 is 4.79 Å². The number of rotatable bonds is 7. The van der Waals surface area contributed by atoms with Crippen molar-refractivity contribution in [1.29, 1.82) is 0 Å². The van der Waals surface area contributed by atoms with E-state index < -0.39 is 0 Å². The molecule has 23 heavy (non-hydrogen) atoms. The summed E-state index contributed by atoms with van der Waals surface area (Å²) in [4.78, 5) is 25.3. The lowest BCUT2D eigenvalue weighted by molar-refractivity contribution is 0.0947. The van der Waals surface area contributed by atoms with E-state index in [1.54, 1.807) is 12.4 Å². The number of carbonyl (C=O) groups is 1. The summed E-state index contributed by atoms with van der Waals surface area (Å²) < 4.78 is 0. The highest BCUT2D eigenvalue weighted by Crippen LogP contribution is 2.24. The monoisotopic (exact) mass is 319 g/mol. The van der Waals surface area contributed by atoms with Gasteiger partial charge in [-0.25, -0.2) is 9.97 Å². The molecule has 1 N–H and O–H groups in total. The van der Waals surface area contributed by atoms with E-state index in [9.17, 15) is 4.79 Å². The SMILES string of the molecule is CCC1CCCCN1c1cnc(C(=O)NCCCN(C)C)cn1. The molecule has 1 aliphatic rings. The largest absolute Gasteiger partial charge is 0.352 e. The summed E-state index contributed by atoms with van der Waals surface area (Å²) in [6.07, 6.45) is 9.08. The summed E-state index contributed by atoms with van der Waals surface area (Å²) in [5.74, 6) is 0.745. The quantitative estimate of drug-likeness (QED) is 0.778. The first-order chi connectivity index (χ1) is 11.1. The van der Waals surface area contributed by atoms with Gasteiger partial charge < -0.3 is 15.1 Å². The summed E-state index contributed by atoms with van der Waals surface area (Å²) >= 11 is 0. The van der Waals surface area contributed by atoms with Crippen LogP contribution in [-0.2, 0) is 0 Å². The van der Waals surface area contributed by atoms with Crippen molar-refractivity contribution in [2.75, 3.05) is 38.6 Å². The lowest BCUT2D eigenvalue weighted by Gasteiger charge is -2.35. The predicted octanol–water partition coefficient (Wildman–Crippen LogP) is 1.93. The molecule has 0 aliphatic carbocycles. The predicted molar refractivity (Wildman–Crippen MR) is 92.8 cm³/mol. The minimum absolute atomic E-state index is 0.145. The Kier molecular flexibility index (Phi) is 6.77. The minimum Gasteiger partial charge on any atom is -0.352 e. The highest BCUT2D eigenvalue weighted by Gasteiger charge is 2.22. The summed E-state index contributed by atoms with van der Waals surface area (Å²) in [5, 5.41) is 2.89. The smallest absolute Gasteiger partial charge is 0.271 e. The molecule has 2 heterocycles. The third-order valence-electron chi connectivity index (χ3n) is 4.33. The molecule has 1 aromatic rings. The van der Waals surface area contributed by atoms with Crippen LogP contribution < -0.4 is 10.2 Å². The van der Waals surface area contributed by atoms with Gasteiger partial charge in [0.05, 0.1) is 12.4 Å². The van der Waals surface area contributed by atoms with Crippen LogP contribution in [0.5, 0.6) is 0 Å². The number of hydrogen-bond donors (Lipinski definition) is 1. The van der Waals surface area contributed by atoms with Crippen LogP contribution in [0.2, 0.25) is 0 Å². The maximum absolute atomic E-state index is 12.1. The van der Waals surface area contributed by atoms with E-state index in [0.29, 0.717) is 18.3 Å². The van der Waals surface area contributed by atoms with Crippen molar-refractivity contribution in [2.24, 2.45) is 0 Å². The molecule has 0 aromatic carbocycles. The molecule has 6 heteroatoms. The van der Waals surface area contributed by atoms with Gasteiger partial charge in [-0.2, -0.15) is 0 Å². The van der Waals surface area contributed by atoms with Gasteiger partial charge in [-0.1, -0.05) is 6.92 Å². The van der Waals surface area contributed by atoms with E-state index in [2.05, 4.69) is 32.0 Å². The Morgan fingerprint density at radius 2 is 2.17 bits per heavy atom. The van der Waals surface area contributed by atoms with Crippen molar-refractivity contribution in [3.05, 3.63) is 18.1 Å². The maximum Gasteiger partial charge on any atom is 0.271 e. The van der Waals surface area contributed by atoms with Crippen molar-refractivity contribution in [1.82, 2.24) is 20.2 Å². The molecule has 6 nitrogen and oxygen atoms in total. The van der Waals surface area contributed by atoms with E-state index >= 15 is 0 Å². The van der Waals surface area contributed by atoms with E-state index in [-0.39, 0.29) is 5.91 Å². The molecule has 1 aliphatic heterocycles. The Morgan fingerprint density at radius 3 is 2.83 bits per heavy atom. The average molecular weight is 319 g/mol. The fourth-order valence-electron chi connectivity index (χ4n) is 3.00. The van der Waals surface area contributed by atoms with Crippen molar-refractivity contribution in [3.8, 4) is 0 Å². The van der Waals surface area contributed by atoms with Crippen LogP contribution >= 0.6 is 0 Å². The van der Waals surface area contributed by atoms with Crippen molar-refractivity contribution in [3.63, 3.8) is 0 Å². The Morgan fingerprint density at radius 1 is 1.35 bits per heavy atom. The van der Waals surface area contributed by atoms with Crippen LogP contribution in [0.1, 0.15) is 49.5 Å². The third kappa shape index (κ3) is 5.16. The summed E-state index contributed by atoms with van der Waals surface area (Å²) in [6.45, 7) is 4.86. The highest BCUT2D eigenvalue weighted by molar-refractivity contribution is 5.91. The number of piperidine rings is 1. The normalized spacial score (nSPS) is 18.3. The summed E-state index contributed by atoms with van der Waals surface area (Å²) in [6, 6.07) is 0.545. The van der Waals surface area contributed by atoms with Crippen molar-refractivity contribution in [2.45, 2.75) is 45.1 Å². The topological polar surface area (TPSA) is 61.4 Å². The molecule has 0 spiro atoms. The highest BCUT2D eigenvalue weighted by atomic mass is 16.1. The van der Waals surface area contributed by atoms with Gasteiger partial charge in [0, 0.05) is 19.1 Å². The zero-order valence-electron chi connectivity index (χ0n) is 14.6. The lowest BCUT2D eigenvalue weighted by Crippen LogP contribution is -2.39. The van der Waals surface area contributed by atoms with Crippen LogP contribution in [0, 0.1) is 0 Å². The molecule has 1 unspecified atom stereocenters. The molecule has 0 radical (unpaired) electrons. The van der Waals surface area contributed by atoms with Crippen LogP contribution in [0.15, 0.2) is 12.4 Å². The second kappa shape index (κ2) is 8.82. The number of anilines is 1. The van der Waals surface area contributed by atoms with Gasteiger partial charge in [-0.05, 0) is 52.7 Å². The van der Waals surface area contributed by atoms with Gasteiger partial charge in [0.15, 0.2) is 0 Å². The van der Waals surface area contributed by atoms with Crippen LogP contribution in [0.3, 0.4) is 0 Å². The van der Waals surface area contributed by atoms with E-state index in [4.69, 9.17) is 0 Å². The summed E-state index contributed by atoms with van der Waals surface area (Å²) in [7, 11) is 4.05. The van der Waals surface area contributed by atoms with E-state index in [1.165, 1.54) is 19.3 Å².